The number of methoxy groups -OCH3 is 1. The molecule has 0 heterocycles. The van der Waals surface area contributed by atoms with E-state index in [0.717, 1.165) is 5.75 Å². The lowest BCUT2D eigenvalue weighted by molar-refractivity contribution is 0.408. The summed E-state index contributed by atoms with van der Waals surface area (Å²) in [6.45, 7) is 4.23. The minimum atomic E-state index is 1.00. The van der Waals surface area contributed by atoms with Gasteiger partial charge < -0.3 is 4.74 Å². The smallest absolute Gasteiger partial charge is 0.124 e. The van der Waals surface area contributed by atoms with Crippen LogP contribution in [0.25, 0.3) is 11.1 Å². The number of rotatable bonds is 2. The zero-order valence-electron chi connectivity index (χ0n) is 11.9. The van der Waals surface area contributed by atoms with E-state index in [1.165, 1.54) is 52.6 Å². The third kappa shape index (κ3) is 2.14. The predicted molar refractivity (Wildman–Crippen MR) is 79.9 cm³/mol. The molecule has 0 aromatic heterocycles. The number of fused-ring (bicyclic) bond motifs is 1. The molecule has 0 amide bonds. The molecule has 1 aliphatic rings. The molecule has 0 saturated carbocycles. The van der Waals surface area contributed by atoms with Crippen molar-refractivity contribution < 1.29 is 4.74 Å². The van der Waals surface area contributed by atoms with Crippen molar-refractivity contribution in [3.8, 4) is 16.9 Å². The molecule has 0 aliphatic heterocycles. The van der Waals surface area contributed by atoms with Gasteiger partial charge in [0.1, 0.15) is 5.75 Å². The second-order valence-corrected chi connectivity index (χ2v) is 5.48. The summed E-state index contributed by atoms with van der Waals surface area (Å²) in [5, 5.41) is 0. The lowest BCUT2D eigenvalue weighted by Gasteiger charge is -2.12. The van der Waals surface area contributed by atoms with E-state index in [1.54, 1.807) is 7.11 Å². The van der Waals surface area contributed by atoms with Crippen molar-refractivity contribution in [1.82, 2.24) is 0 Å². The number of ether oxygens (including phenoxy) is 1. The van der Waals surface area contributed by atoms with Gasteiger partial charge in [-0.25, -0.2) is 0 Å². The zero-order chi connectivity index (χ0) is 13.4. The van der Waals surface area contributed by atoms with Crippen molar-refractivity contribution >= 4 is 0 Å². The molecule has 0 atom stereocenters. The molecule has 0 unspecified atom stereocenters. The van der Waals surface area contributed by atoms with E-state index in [1.807, 2.05) is 0 Å². The van der Waals surface area contributed by atoms with Gasteiger partial charge in [-0.3, -0.25) is 0 Å². The fourth-order valence-electron chi connectivity index (χ4n) is 3.19. The molecule has 0 bridgehead atoms. The van der Waals surface area contributed by atoms with Crippen molar-refractivity contribution in [3.63, 3.8) is 0 Å². The molecule has 0 N–H and O–H groups in total. The topological polar surface area (TPSA) is 9.23 Å². The van der Waals surface area contributed by atoms with Crippen LogP contribution >= 0.6 is 0 Å². The van der Waals surface area contributed by atoms with Gasteiger partial charge >= 0.3 is 0 Å². The summed E-state index contributed by atoms with van der Waals surface area (Å²) in [5.74, 6) is 1.00. The van der Waals surface area contributed by atoms with Crippen LogP contribution in [-0.4, -0.2) is 7.11 Å². The molecular formula is C18H20O. The SMILES string of the molecule is COc1c(C)cc(-c2ccc3c(c2)CCC3)cc1C. The Balaban J connectivity index is 2.07. The normalized spacial score (nSPS) is 13.4. The molecule has 0 spiro atoms. The monoisotopic (exact) mass is 252 g/mol. The summed E-state index contributed by atoms with van der Waals surface area (Å²) in [4.78, 5) is 0. The van der Waals surface area contributed by atoms with Crippen LogP contribution in [0.3, 0.4) is 0 Å². The van der Waals surface area contributed by atoms with Crippen molar-refractivity contribution in [2.75, 3.05) is 7.11 Å². The molecule has 19 heavy (non-hydrogen) atoms. The fraction of sp³-hybridized carbons (Fsp3) is 0.333. The average Bonchev–Trinajstić information content (AvgIpc) is 2.85. The molecule has 0 saturated heterocycles. The lowest BCUT2D eigenvalue weighted by Crippen LogP contribution is -1.92. The molecule has 2 aromatic carbocycles. The maximum Gasteiger partial charge on any atom is 0.124 e. The quantitative estimate of drug-likeness (QED) is 0.766. The minimum Gasteiger partial charge on any atom is -0.496 e. The van der Waals surface area contributed by atoms with Crippen molar-refractivity contribution in [3.05, 3.63) is 52.6 Å². The van der Waals surface area contributed by atoms with Crippen LogP contribution in [-0.2, 0) is 12.8 Å². The van der Waals surface area contributed by atoms with E-state index >= 15 is 0 Å². The zero-order valence-corrected chi connectivity index (χ0v) is 11.9. The Labute approximate surface area is 115 Å². The predicted octanol–water partition coefficient (Wildman–Crippen LogP) is 4.47. The van der Waals surface area contributed by atoms with Gasteiger partial charge in [0.05, 0.1) is 7.11 Å². The van der Waals surface area contributed by atoms with Crippen LogP contribution in [0.2, 0.25) is 0 Å². The minimum absolute atomic E-state index is 1.00. The Hall–Kier alpha value is -1.76. The van der Waals surface area contributed by atoms with E-state index in [2.05, 4.69) is 44.2 Å². The third-order valence-electron chi connectivity index (χ3n) is 4.10. The van der Waals surface area contributed by atoms with Gasteiger partial charge in [0, 0.05) is 0 Å². The van der Waals surface area contributed by atoms with Crippen molar-refractivity contribution in [1.29, 1.82) is 0 Å². The Morgan fingerprint density at radius 2 is 1.53 bits per heavy atom. The highest BCUT2D eigenvalue weighted by atomic mass is 16.5. The molecule has 1 aliphatic carbocycles. The molecular weight excluding hydrogens is 232 g/mol. The highest BCUT2D eigenvalue weighted by Crippen LogP contribution is 2.32. The Bertz CT molecular complexity index is 603. The summed E-state index contributed by atoms with van der Waals surface area (Å²) in [7, 11) is 1.74. The first-order chi connectivity index (χ1) is 9.19. The van der Waals surface area contributed by atoms with E-state index in [9.17, 15) is 0 Å². The van der Waals surface area contributed by atoms with Gasteiger partial charge in [0.25, 0.3) is 0 Å². The second-order valence-electron chi connectivity index (χ2n) is 5.48. The number of aryl methyl sites for hydroxylation is 4. The van der Waals surface area contributed by atoms with Crippen molar-refractivity contribution in [2.45, 2.75) is 33.1 Å². The van der Waals surface area contributed by atoms with Crippen molar-refractivity contribution in [2.24, 2.45) is 0 Å². The molecule has 98 valence electrons. The van der Waals surface area contributed by atoms with Gasteiger partial charge in [-0.2, -0.15) is 0 Å². The van der Waals surface area contributed by atoms with Crippen LogP contribution in [0.1, 0.15) is 28.7 Å². The number of benzene rings is 2. The van der Waals surface area contributed by atoms with E-state index in [-0.39, 0.29) is 0 Å². The summed E-state index contributed by atoms with van der Waals surface area (Å²) in [5.41, 5.74) is 8.10. The fourth-order valence-corrected chi connectivity index (χ4v) is 3.19. The van der Waals surface area contributed by atoms with E-state index < -0.39 is 0 Å². The summed E-state index contributed by atoms with van der Waals surface area (Å²) in [6, 6.07) is 11.4. The largest absolute Gasteiger partial charge is 0.496 e. The van der Waals surface area contributed by atoms with Crippen LogP contribution < -0.4 is 4.74 Å². The highest BCUT2D eigenvalue weighted by Gasteiger charge is 2.12. The average molecular weight is 252 g/mol. The molecule has 0 radical (unpaired) electrons. The Morgan fingerprint density at radius 3 is 2.21 bits per heavy atom. The lowest BCUT2D eigenvalue weighted by atomic mass is 9.97. The Kier molecular flexibility index (Phi) is 3.06. The second kappa shape index (κ2) is 4.73. The summed E-state index contributed by atoms with van der Waals surface area (Å²) < 4.78 is 5.44. The summed E-state index contributed by atoms with van der Waals surface area (Å²) in [6.07, 6.45) is 3.78. The first-order valence-electron chi connectivity index (χ1n) is 6.96. The molecule has 0 fully saturated rings. The van der Waals surface area contributed by atoms with Crippen LogP contribution in [0.15, 0.2) is 30.3 Å². The maximum atomic E-state index is 5.44. The number of hydrogen-bond acceptors (Lipinski definition) is 1. The number of hydrogen-bond donors (Lipinski definition) is 0. The van der Waals surface area contributed by atoms with Crippen LogP contribution in [0.5, 0.6) is 5.75 Å². The van der Waals surface area contributed by atoms with E-state index in [4.69, 9.17) is 4.74 Å². The van der Waals surface area contributed by atoms with Gasteiger partial charge in [-0.15, -0.1) is 0 Å². The van der Waals surface area contributed by atoms with E-state index in [0.29, 0.717) is 0 Å². The third-order valence-corrected chi connectivity index (χ3v) is 4.10. The first-order valence-corrected chi connectivity index (χ1v) is 6.96. The standard InChI is InChI=1S/C18H20O/c1-12-9-17(10-13(2)18(12)19-3)16-8-7-14-5-4-6-15(14)11-16/h7-11H,4-6H2,1-3H3. The molecule has 1 heteroatoms. The van der Waals surface area contributed by atoms with Gasteiger partial charge in [0.15, 0.2) is 0 Å². The molecule has 3 rings (SSSR count). The van der Waals surface area contributed by atoms with Gasteiger partial charge in [-0.05, 0) is 78.6 Å². The van der Waals surface area contributed by atoms with Gasteiger partial charge in [0.2, 0.25) is 0 Å². The van der Waals surface area contributed by atoms with Crippen LogP contribution in [0, 0.1) is 13.8 Å². The Morgan fingerprint density at radius 1 is 0.842 bits per heavy atom. The maximum absolute atomic E-state index is 5.44. The molecule has 2 aromatic rings. The highest BCUT2D eigenvalue weighted by molar-refractivity contribution is 5.68. The van der Waals surface area contributed by atoms with Gasteiger partial charge in [-0.1, -0.05) is 18.2 Å². The van der Waals surface area contributed by atoms with Crippen LogP contribution in [0.4, 0.5) is 0 Å². The first kappa shape index (κ1) is 12.3. The summed E-state index contributed by atoms with van der Waals surface area (Å²) >= 11 is 0. The molecule has 1 nitrogen and oxygen atoms in total.